The Morgan fingerprint density at radius 3 is 2.70 bits per heavy atom. The minimum Gasteiger partial charge on any atom is -0.497 e. The van der Waals surface area contributed by atoms with E-state index in [1.807, 2.05) is 31.2 Å². The number of benzene rings is 1. The van der Waals surface area contributed by atoms with E-state index in [1.165, 1.54) is 0 Å². The highest BCUT2D eigenvalue weighted by atomic mass is 16.5. The molecule has 4 heteroatoms. The van der Waals surface area contributed by atoms with Crippen molar-refractivity contribution < 1.29 is 14.3 Å². The molecule has 1 unspecified atom stereocenters. The van der Waals surface area contributed by atoms with E-state index >= 15 is 0 Å². The maximum Gasteiger partial charge on any atom is 0.307 e. The van der Waals surface area contributed by atoms with Gasteiger partial charge in [-0.3, -0.25) is 4.79 Å². The summed E-state index contributed by atoms with van der Waals surface area (Å²) in [5, 5.41) is 3.42. The molecule has 0 aliphatic rings. The van der Waals surface area contributed by atoms with Gasteiger partial charge >= 0.3 is 5.97 Å². The first-order valence-electron chi connectivity index (χ1n) is 7.08. The normalized spacial score (nSPS) is 12.2. The Hall–Kier alpha value is -1.55. The van der Waals surface area contributed by atoms with Crippen LogP contribution in [-0.4, -0.2) is 25.7 Å². The lowest BCUT2D eigenvalue weighted by atomic mass is 10.0. The zero-order valence-corrected chi connectivity index (χ0v) is 12.8. The summed E-state index contributed by atoms with van der Waals surface area (Å²) < 4.78 is 10.2. The van der Waals surface area contributed by atoms with Crippen molar-refractivity contribution in [2.45, 2.75) is 39.8 Å². The van der Waals surface area contributed by atoms with Gasteiger partial charge in [0.2, 0.25) is 0 Å². The van der Waals surface area contributed by atoms with Crippen LogP contribution in [0.5, 0.6) is 5.75 Å². The molecule has 0 radical (unpaired) electrons. The molecular formula is C16H25NO3. The molecule has 1 rings (SSSR count). The smallest absolute Gasteiger partial charge is 0.307 e. The Morgan fingerprint density at radius 1 is 1.35 bits per heavy atom. The van der Waals surface area contributed by atoms with Crippen LogP contribution in [0, 0.1) is 5.92 Å². The van der Waals surface area contributed by atoms with Gasteiger partial charge in [0, 0.05) is 12.6 Å². The molecular weight excluding hydrogens is 254 g/mol. The summed E-state index contributed by atoms with van der Waals surface area (Å²) in [6.07, 6.45) is 0.398. The molecule has 0 saturated carbocycles. The number of hydrogen-bond acceptors (Lipinski definition) is 4. The molecule has 1 aromatic carbocycles. The molecule has 0 fully saturated rings. The molecule has 4 nitrogen and oxygen atoms in total. The Morgan fingerprint density at radius 2 is 2.10 bits per heavy atom. The van der Waals surface area contributed by atoms with Gasteiger partial charge in [-0.2, -0.15) is 0 Å². The second-order valence-electron chi connectivity index (χ2n) is 5.09. The fourth-order valence-corrected chi connectivity index (χ4v) is 1.97. The number of hydrogen-bond donors (Lipinski definition) is 1. The molecule has 0 bridgehead atoms. The number of nitrogens with one attached hydrogen (secondary N) is 1. The Kier molecular flexibility index (Phi) is 7.09. The van der Waals surface area contributed by atoms with E-state index in [1.54, 1.807) is 7.11 Å². The van der Waals surface area contributed by atoms with Crippen LogP contribution in [0.3, 0.4) is 0 Å². The van der Waals surface area contributed by atoms with Gasteiger partial charge in [-0.25, -0.2) is 0 Å². The fourth-order valence-electron chi connectivity index (χ4n) is 1.97. The number of carbonyl (C=O) groups is 1. The van der Waals surface area contributed by atoms with Crippen molar-refractivity contribution in [3.63, 3.8) is 0 Å². The Labute approximate surface area is 121 Å². The topological polar surface area (TPSA) is 47.6 Å². The largest absolute Gasteiger partial charge is 0.497 e. The van der Waals surface area contributed by atoms with Gasteiger partial charge in [-0.1, -0.05) is 26.0 Å². The van der Waals surface area contributed by atoms with E-state index in [0.717, 1.165) is 11.3 Å². The van der Waals surface area contributed by atoms with Crippen molar-refractivity contribution in [3.05, 3.63) is 29.8 Å². The average molecular weight is 279 g/mol. The first-order chi connectivity index (χ1) is 9.56. The molecule has 0 heterocycles. The SMILES string of the molecule is CCOC(=O)CC(NCc1cccc(OC)c1)C(C)C. The lowest BCUT2D eigenvalue weighted by Crippen LogP contribution is -2.36. The average Bonchev–Trinajstić information content (AvgIpc) is 2.43. The first-order valence-corrected chi connectivity index (χ1v) is 7.08. The van der Waals surface area contributed by atoms with Crippen LogP contribution in [0.1, 0.15) is 32.8 Å². The highest BCUT2D eigenvalue weighted by Gasteiger charge is 2.17. The predicted octanol–water partition coefficient (Wildman–Crippen LogP) is 2.76. The van der Waals surface area contributed by atoms with Gasteiger partial charge in [-0.05, 0) is 30.5 Å². The number of rotatable bonds is 8. The number of ether oxygens (including phenoxy) is 2. The summed E-state index contributed by atoms with van der Waals surface area (Å²) in [6, 6.07) is 8.03. The summed E-state index contributed by atoms with van der Waals surface area (Å²) in [6.45, 7) is 7.16. The molecule has 1 aromatic rings. The van der Waals surface area contributed by atoms with Crippen LogP contribution in [-0.2, 0) is 16.1 Å². The van der Waals surface area contributed by atoms with E-state index in [4.69, 9.17) is 9.47 Å². The summed E-state index contributed by atoms with van der Waals surface area (Å²) >= 11 is 0. The summed E-state index contributed by atoms with van der Waals surface area (Å²) in [7, 11) is 1.66. The third-order valence-electron chi connectivity index (χ3n) is 3.20. The maximum atomic E-state index is 11.6. The van der Waals surface area contributed by atoms with Gasteiger partial charge in [0.1, 0.15) is 5.75 Å². The molecule has 0 aliphatic carbocycles. The lowest BCUT2D eigenvalue weighted by Gasteiger charge is -2.21. The molecule has 1 atom stereocenters. The van der Waals surface area contributed by atoms with Crippen LogP contribution < -0.4 is 10.1 Å². The lowest BCUT2D eigenvalue weighted by molar-refractivity contribution is -0.144. The third-order valence-corrected chi connectivity index (χ3v) is 3.20. The molecule has 1 N–H and O–H groups in total. The zero-order valence-electron chi connectivity index (χ0n) is 12.8. The van der Waals surface area contributed by atoms with Gasteiger partial charge in [0.15, 0.2) is 0 Å². The van der Waals surface area contributed by atoms with E-state index < -0.39 is 0 Å². The van der Waals surface area contributed by atoms with Crippen molar-refractivity contribution >= 4 is 5.97 Å². The quantitative estimate of drug-likeness (QED) is 0.743. The van der Waals surface area contributed by atoms with E-state index in [2.05, 4.69) is 19.2 Å². The molecule has 0 aromatic heterocycles. The molecule has 0 aliphatic heterocycles. The van der Waals surface area contributed by atoms with Crippen LogP contribution in [0.4, 0.5) is 0 Å². The highest BCUT2D eigenvalue weighted by Crippen LogP contribution is 2.14. The van der Waals surface area contributed by atoms with Gasteiger partial charge in [-0.15, -0.1) is 0 Å². The molecule has 0 spiro atoms. The molecule has 20 heavy (non-hydrogen) atoms. The number of carbonyl (C=O) groups excluding carboxylic acids is 1. The third kappa shape index (κ3) is 5.61. The standard InChI is InChI=1S/C16H25NO3/c1-5-20-16(18)10-15(12(2)3)17-11-13-7-6-8-14(9-13)19-4/h6-9,12,15,17H,5,10-11H2,1-4H3. The van der Waals surface area contributed by atoms with Crippen molar-refractivity contribution in [1.29, 1.82) is 0 Å². The second-order valence-corrected chi connectivity index (χ2v) is 5.09. The molecule has 0 saturated heterocycles. The van der Waals surface area contributed by atoms with Crippen molar-refractivity contribution in [2.24, 2.45) is 5.92 Å². The van der Waals surface area contributed by atoms with Gasteiger partial charge in [0.25, 0.3) is 0 Å². The van der Waals surface area contributed by atoms with Gasteiger partial charge < -0.3 is 14.8 Å². The van der Waals surface area contributed by atoms with Gasteiger partial charge in [0.05, 0.1) is 20.1 Å². The second kappa shape index (κ2) is 8.59. The van der Waals surface area contributed by atoms with Crippen LogP contribution in [0.2, 0.25) is 0 Å². The van der Waals surface area contributed by atoms with E-state index in [-0.39, 0.29) is 12.0 Å². The first kappa shape index (κ1) is 16.5. The van der Waals surface area contributed by atoms with Crippen LogP contribution in [0.25, 0.3) is 0 Å². The summed E-state index contributed by atoms with van der Waals surface area (Å²) in [5.74, 6) is 1.06. The minimum atomic E-state index is -0.149. The Balaban J connectivity index is 2.55. The summed E-state index contributed by atoms with van der Waals surface area (Å²) in [5.41, 5.74) is 1.14. The van der Waals surface area contributed by atoms with Crippen molar-refractivity contribution in [3.8, 4) is 5.75 Å². The zero-order chi connectivity index (χ0) is 15.0. The number of esters is 1. The minimum absolute atomic E-state index is 0.111. The maximum absolute atomic E-state index is 11.6. The number of methoxy groups -OCH3 is 1. The van der Waals surface area contributed by atoms with Crippen LogP contribution in [0.15, 0.2) is 24.3 Å². The molecule has 0 amide bonds. The fraction of sp³-hybridized carbons (Fsp3) is 0.562. The predicted molar refractivity (Wildman–Crippen MR) is 79.7 cm³/mol. The van der Waals surface area contributed by atoms with Crippen LogP contribution >= 0.6 is 0 Å². The molecule has 112 valence electrons. The summed E-state index contributed by atoms with van der Waals surface area (Å²) in [4.78, 5) is 11.6. The van der Waals surface area contributed by atoms with Crippen molar-refractivity contribution in [2.75, 3.05) is 13.7 Å². The van der Waals surface area contributed by atoms with E-state index in [0.29, 0.717) is 25.5 Å². The van der Waals surface area contributed by atoms with E-state index in [9.17, 15) is 4.79 Å². The Bertz CT molecular complexity index is 418. The highest BCUT2D eigenvalue weighted by molar-refractivity contribution is 5.70. The monoisotopic (exact) mass is 279 g/mol. The van der Waals surface area contributed by atoms with Crippen molar-refractivity contribution in [1.82, 2.24) is 5.32 Å².